The molecular formula is C18H22Cl2N5O5+. The highest BCUT2D eigenvalue weighted by molar-refractivity contribution is 6.35. The van der Waals surface area contributed by atoms with Crippen LogP contribution in [0.3, 0.4) is 0 Å². The maximum atomic E-state index is 12.8. The second-order valence-corrected chi connectivity index (χ2v) is 7.62. The molecule has 3 N–H and O–H groups in total. The van der Waals surface area contributed by atoms with Gasteiger partial charge in [0.05, 0.1) is 24.7 Å². The molecule has 10 nitrogen and oxygen atoms in total. The maximum absolute atomic E-state index is 12.8. The van der Waals surface area contributed by atoms with Crippen LogP contribution in [0.4, 0.5) is 4.79 Å². The Balaban J connectivity index is 1.77. The zero-order valence-corrected chi connectivity index (χ0v) is 17.9. The normalized spacial score (nSPS) is 19.8. The lowest BCUT2D eigenvalue weighted by Crippen LogP contribution is -2.62. The van der Waals surface area contributed by atoms with Gasteiger partial charge < -0.3 is 14.9 Å². The van der Waals surface area contributed by atoms with Crippen molar-refractivity contribution in [3.8, 4) is 5.75 Å². The van der Waals surface area contributed by atoms with Crippen molar-refractivity contribution in [1.82, 2.24) is 15.1 Å². The largest absolute Gasteiger partial charge is 0.489 e. The van der Waals surface area contributed by atoms with Gasteiger partial charge in [-0.2, -0.15) is 0 Å². The van der Waals surface area contributed by atoms with Crippen LogP contribution in [0.1, 0.15) is 0 Å². The molecule has 162 valence electrons. The zero-order valence-electron chi connectivity index (χ0n) is 16.4. The fourth-order valence-corrected chi connectivity index (χ4v) is 3.62. The number of guanidine groups is 1. The molecule has 2 atom stereocenters. The van der Waals surface area contributed by atoms with Gasteiger partial charge in [-0.1, -0.05) is 28.2 Å². The van der Waals surface area contributed by atoms with E-state index in [9.17, 15) is 14.7 Å². The fourth-order valence-electron chi connectivity index (χ4n) is 3.16. The van der Waals surface area contributed by atoms with E-state index in [1.54, 1.807) is 16.7 Å². The van der Waals surface area contributed by atoms with E-state index in [1.807, 2.05) is 0 Å². The Kier molecular flexibility index (Phi) is 6.81. The van der Waals surface area contributed by atoms with Crippen molar-refractivity contribution >= 4 is 46.9 Å². The van der Waals surface area contributed by atoms with Gasteiger partial charge in [0.25, 0.3) is 5.91 Å². The number of hydrogen-bond acceptors (Lipinski definition) is 7. The van der Waals surface area contributed by atoms with E-state index in [0.29, 0.717) is 15.8 Å². The summed E-state index contributed by atoms with van der Waals surface area (Å²) in [5.41, 5.74) is 0. The predicted octanol–water partition coefficient (Wildman–Crippen LogP) is -0.0120. The van der Waals surface area contributed by atoms with Crippen LogP contribution in [0, 0.1) is 0 Å². The van der Waals surface area contributed by atoms with Gasteiger partial charge in [-0.05, 0) is 18.2 Å². The molecule has 30 heavy (non-hydrogen) atoms. The summed E-state index contributed by atoms with van der Waals surface area (Å²) in [6.45, 7) is -0.0928. The van der Waals surface area contributed by atoms with E-state index in [-0.39, 0.29) is 38.1 Å². The highest BCUT2D eigenvalue weighted by Gasteiger charge is 2.51. The van der Waals surface area contributed by atoms with Crippen LogP contribution in [0.5, 0.6) is 5.75 Å². The first kappa shape index (κ1) is 22.3. The number of amidine groups is 1. The number of benzene rings is 1. The second kappa shape index (κ2) is 9.17. The highest BCUT2D eigenvalue weighted by Crippen LogP contribution is 2.27. The number of halogens is 2. The Hall–Kier alpha value is -2.40. The van der Waals surface area contributed by atoms with Crippen molar-refractivity contribution in [1.29, 1.82) is 0 Å². The van der Waals surface area contributed by atoms with Crippen LogP contribution < -0.4 is 10.1 Å². The summed E-state index contributed by atoms with van der Waals surface area (Å²) in [4.78, 5) is 31.6. The second-order valence-electron chi connectivity index (χ2n) is 6.78. The van der Waals surface area contributed by atoms with Crippen molar-refractivity contribution in [3.05, 3.63) is 28.2 Å². The number of carbonyl (C=O) groups is 2. The van der Waals surface area contributed by atoms with Gasteiger partial charge in [0, 0.05) is 19.1 Å². The van der Waals surface area contributed by atoms with Gasteiger partial charge in [-0.15, -0.1) is 0 Å². The molecule has 0 radical (unpaired) electrons. The number of fused-ring (bicyclic) bond motifs is 1. The minimum Gasteiger partial charge on any atom is -0.489 e. The van der Waals surface area contributed by atoms with Gasteiger partial charge in [0.2, 0.25) is 11.9 Å². The summed E-state index contributed by atoms with van der Waals surface area (Å²) in [5, 5.41) is 23.3. The maximum Gasteiger partial charge on any atom is 0.390 e. The third-order valence-electron chi connectivity index (χ3n) is 4.66. The molecule has 0 saturated carbocycles. The zero-order chi connectivity index (χ0) is 22.0. The monoisotopic (exact) mass is 458 g/mol. The number of aliphatic hydroxyl groups is 2. The Morgan fingerprint density at radius 1 is 1.30 bits per heavy atom. The number of carbonyl (C=O) groups excluding carboxylic acids is 2. The van der Waals surface area contributed by atoms with Crippen LogP contribution in [0.2, 0.25) is 10.0 Å². The first-order valence-electron chi connectivity index (χ1n) is 9.12. The topological polar surface area (TPSA) is 118 Å². The number of β-amino-alcohol motifs (C(OH)–C–C–N with tert-alkyl or cyclic N) is 1. The van der Waals surface area contributed by atoms with Crippen molar-refractivity contribution in [3.63, 3.8) is 0 Å². The molecule has 0 spiro atoms. The SMILES string of the molecule is CN1C(=O)C2C(=NC(NCCO)=[N+]2CC(O)COc2ccc(Cl)cc2Cl)N(C)C1=O. The number of ether oxygens (including phenoxy) is 1. The molecule has 3 rings (SSSR count). The molecule has 2 aliphatic rings. The van der Waals surface area contributed by atoms with E-state index in [2.05, 4.69) is 10.3 Å². The minimum atomic E-state index is -1.02. The van der Waals surface area contributed by atoms with Gasteiger partial charge in [0.15, 0.2) is 0 Å². The van der Waals surface area contributed by atoms with E-state index in [4.69, 9.17) is 33.0 Å². The lowest BCUT2D eigenvalue weighted by Gasteiger charge is -2.32. The molecule has 2 aliphatic heterocycles. The molecule has 3 amide bonds. The number of imide groups is 1. The first-order chi connectivity index (χ1) is 14.2. The number of rotatable bonds is 7. The number of likely N-dealkylation sites (N-methyl/N-ethyl adjacent to an activating group) is 2. The smallest absolute Gasteiger partial charge is 0.390 e. The number of hydrogen-bond donors (Lipinski definition) is 3. The molecular weight excluding hydrogens is 437 g/mol. The average Bonchev–Trinajstić information content (AvgIpc) is 3.06. The summed E-state index contributed by atoms with van der Waals surface area (Å²) in [6, 6.07) is 3.35. The summed E-state index contributed by atoms with van der Waals surface area (Å²) >= 11 is 11.9. The average molecular weight is 459 g/mol. The number of amides is 3. The van der Waals surface area contributed by atoms with Crippen LogP contribution in [-0.2, 0) is 4.79 Å². The van der Waals surface area contributed by atoms with Crippen molar-refractivity contribution in [2.75, 3.05) is 40.4 Å². The molecule has 1 saturated heterocycles. The number of aliphatic imine (C=N–C) groups is 1. The third kappa shape index (κ3) is 4.36. The lowest BCUT2D eigenvalue weighted by atomic mass is 10.1. The number of urea groups is 1. The van der Waals surface area contributed by atoms with Gasteiger partial charge in [-0.25, -0.2) is 9.37 Å². The van der Waals surface area contributed by atoms with Gasteiger partial charge in [-0.3, -0.25) is 19.9 Å². The van der Waals surface area contributed by atoms with Crippen LogP contribution in [0.25, 0.3) is 0 Å². The fraction of sp³-hybridized carbons (Fsp3) is 0.444. The van der Waals surface area contributed by atoms with Gasteiger partial charge >= 0.3 is 12.0 Å². The Morgan fingerprint density at radius 2 is 2.03 bits per heavy atom. The Bertz CT molecular complexity index is 922. The molecule has 0 aliphatic carbocycles. The molecule has 2 heterocycles. The summed E-state index contributed by atoms with van der Waals surface area (Å²) in [6.07, 6.45) is -1.02. The minimum absolute atomic E-state index is 0.0156. The molecule has 0 aromatic heterocycles. The van der Waals surface area contributed by atoms with Crippen molar-refractivity contribution in [2.24, 2.45) is 4.99 Å². The van der Waals surface area contributed by atoms with E-state index in [1.165, 1.54) is 25.1 Å². The summed E-state index contributed by atoms with van der Waals surface area (Å²) in [7, 11) is 2.91. The number of nitrogens with zero attached hydrogens (tertiary/aromatic N) is 4. The highest BCUT2D eigenvalue weighted by atomic mass is 35.5. The van der Waals surface area contributed by atoms with Crippen molar-refractivity contribution in [2.45, 2.75) is 12.1 Å². The molecule has 1 aromatic rings. The quantitative estimate of drug-likeness (QED) is 0.494. The first-order valence-corrected chi connectivity index (χ1v) is 9.88. The molecule has 2 unspecified atom stereocenters. The molecule has 1 aromatic carbocycles. The molecule has 0 bridgehead atoms. The van der Waals surface area contributed by atoms with Crippen LogP contribution in [-0.4, -0.2) is 101 Å². The van der Waals surface area contributed by atoms with E-state index < -0.39 is 24.1 Å². The van der Waals surface area contributed by atoms with Gasteiger partial charge in [0.1, 0.15) is 18.5 Å². The summed E-state index contributed by atoms with van der Waals surface area (Å²) in [5.74, 6) is 0.416. The predicted molar refractivity (Wildman–Crippen MR) is 110 cm³/mol. The Morgan fingerprint density at radius 3 is 2.70 bits per heavy atom. The van der Waals surface area contributed by atoms with Crippen LogP contribution in [0.15, 0.2) is 23.2 Å². The standard InChI is InChI=1S/C18H21Cl2N5O5/c1-23-15-14(16(28)24(2)18(23)29)25(17(22-15)21-5-6-26)8-11(27)9-30-13-4-3-10(19)7-12(13)20/h3-4,7,11,14,26-27H,5-6,8-9H2,1-2H3/p+1. The Labute approximate surface area is 183 Å². The van der Waals surface area contributed by atoms with E-state index >= 15 is 0 Å². The lowest BCUT2D eigenvalue weighted by molar-refractivity contribution is -0.545. The van der Waals surface area contributed by atoms with Crippen LogP contribution >= 0.6 is 23.2 Å². The number of nitrogens with one attached hydrogen (secondary N) is 1. The van der Waals surface area contributed by atoms with Crippen molar-refractivity contribution < 1.29 is 29.1 Å². The number of aliphatic hydroxyl groups excluding tert-OH is 2. The summed E-state index contributed by atoms with van der Waals surface area (Å²) < 4.78 is 7.11. The molecule has 1 fully saturated rings. The molecule has 12 heteroatoms. The third-order valence-corrected chi connectivity index (χ3v) is 5.19. The van der Waals surface area contributed by atoms with E-state index in [0.717, 1.165) is 4.90 Å².